The SMILES string of the molecule is O=C(NCC#CCOc1cccc2ccccc12)c1ccc(-n2cccc2)cc1. The molecule has 0 unspecified atom stereocenters. The Balaban J connectivity index is 1.27. The van der Waals surface area contributed by atoms with E-state index >= 15 is 0 Å². The highest BCUT2D eigenvalue weighted by Crippen LogP contribution is 2.24. The lowest BCUT2D eigenvalue weighted by atomic mass is 10.1. The number of nitrogens with one attached hydrogen (secondary N) is 1. The Morgan fingerprint density at radius 2 is 1.62 bits per heavy atom. The van der Waals surface area contributed by atoms with Crippen molar-refractivity contribution in [2.75, 3.05) is 13.2 Å². The van der Waals surface area contributed by atoms with Crippen LogP contribution >= 0.6 is 0 Å². The molecule has 4 nitrogen and oxygen atoms in total. The number of hydrogen-bond donors (Lipinski definition) is 1. The standard InChI is InChI=1S/C25H20N2O2/c28-25(21-12-14-22(15-13-21)27-17-4-5-18-27)26-16-3-6-19-29-24-11-7-9-20-8-1-2-10-23(20)24/h1-2,4-5,7-15,17-18H,16,19H2,(H,26,28). The van der Waals surface area contributed by atoms with E-state index in [0.29, 0.717) is 5.56 Å². The Morgan fingerprint density at radius 1 is 0.862 bits per heavy atom. The molecule has 4 aromatic rings. The van der Waals surface area contributed by atoms with Crippen molar-refractivity contribution < 1.29 is 9.53 Å². The number of ether oxygens (including phenoxy) is 1. The van der Waals surface area contributed by atoms with Gasteiger partial charge in [-0.2, -0.15) is 0 Å². The van der Waals surface area contributed by atoms with Gasteiger partial charge in [-0.15, -0.1) is 0 Å². The summed E-state index contributed by atoms with van der Waals surface area (Å²) in [5, 5.41) is 5.00. The van der Waals surface area contributed by atoms with E-state index in [1.165, 1.54) is 0 Å². The van der Waals surface area contributed by atoms with Gasteiger partial charge in [-0.1, -0.05) is 48.2 Å². The average molecular weight is 380 g/mol. The lowest BCUT2D eigenvalue weighted by molar-refractivity contribution is 0.0958. The summed E-state index contributed by atoms with van der Waals surface area (Å²) in [5.41, 5.74) is 1.62. The summed E-state index contributed by atoms with van der Waals surface area (Å²) in [6, 6.07) is 25.4. The summed E-state index contributed by atoms with van der Waals surface area (Å²) in [7, 11) is 0. The Kier molecular flexibility index (Phi) is 5.59. The zero-order valence-electron chi connectivity index (χ0n) is 15.8. The van der Waals surface area contributed by atoms with Crippen LogP contribution in [0, 0.1) is 11.8 Å². The lowest BCUT2D eigenvalue weighted by Gasteiger charge is -2.06. The summed E-state index contributed by atoms with van der Waals surface area (Å²) in [4.78, 5) is 12.2. The van der Waals surface area contributed by atoms with Gasteiger partial charge in [0.2, 0.25) is 0 Å². The first kappa shape index (κ1) is 18.4. The molecule has 142 valence electrons. The highest BCUT2D eigenvalue weighted by atomic mass is 16.5. The molecule has 0 atom stereocenters. The van der Waals surface area contributed by atoms with Crippen molar-refractivity contribution in [3.05, 3.63) is 96.8 Å². The minimum Gasteiger partial charge on any atom is -0.480 e. The van der Waals surface area contributed by atoms with Gasteiger partial charge in [-0.25, -0.2) is 0 Å². The fourth-order valence-electron chi connectivity index (χ4n) is 3.07. The van der Waals surface area contributed by atoms with Crippen molar-refractivity contribution >= 4 is 16.7 Å². The Bertz CT molecular complexity index is 1160. The smallest absolute Gasteiger partial charge is 0.252 e. The molecule has 29 heavy (non-hydrogen) atoms. The van der Waals surface area contributed by atoms with Crippen LogP contribution in [0.1, 0.15) is 10.4 Å². The van der Waals surface area contributed by atoms with Crippen LogP contribution in [0.3, 0.4) is 0 Å². The number of aromatic nitrogens is 1. The molecule has 0 bridgehead atoms. The van der Waals surface area contributed by atoms with Gasteiger partial charge in [0.25, 0.3) is 5.91 Å². The summed E-state index contributed by atoms with van der Waals surface area (Å²) in [6.07, 6.45) is 3.93. The first-order valence-electron chi connectivity index (χ1n) is 9.39. The van der Waals surface area contributed by atoms with Gasteiger partial charge in [0.15, 0.2) is 0 Å². The molecule has 0 saturated carbocycles. The predicted molar refractivity (Wildman–Crippen MR) is 115 cm³/mol. The van der Waals surface area contributed by atoms with E-state index in [0.717, 1.165) is 22.2 Å². The number of fused-ring (bicyclic) bond motifs is 1. The number of benzene rings is 3. The Labute approximate surface area is 169 Å². The first-order valence-corrected chi connectivity index (χ1v) is 9.39. The van der Waals surface area contributed by atoms with Gasteiger partial charge < -0.3 is 14.6 Å². The highest BCUT2D eigenvalue weighted by Gasteiger charge is 2.04. The van der Waals surface area contributed by atoms with Crippen LogP contribution in [0.2, 0.25) is 0 Å². The van der Waals surface area contributed by atoms with Crippen LogP contribution in [0.15, 0.2) is 91.3 Å². The molecule has 0 aliphatic heterocycles. The second-order valence-electron chi connectivity index (χ2n) is 6.44. The minimum absolute atomic E-state index is 0.145. The third kappa shape index (κ3) is 4.48. The summed E-state index contributed by atoms with van der Waals surface area (Å²) >= 11 is 0. The number of carbonyl (C=O) groups excluding carboxylic acids is 1. The number of nitrogens with zero attached hydrogens (tertiary/aromatic N) is 1. The number of rotatable bonds is 5. The maximum atomic E-state index is 12.2. The van der Waals surface area contributed by atoms with Crippen LogP contribution in [0.25, 0.3) is 16.5 Å². The number of amides is 1. The molecule has 4 heteroatoms. The van der Waals surface area contributed by atoms with E-state index in [4.69, 9.17) is 4.74 Å². The zero-order valence-corrected chi connectivity index (χ0v) is 15.8. The van der Waals surface area contributed by atoms with E-state index in [9.17, 15) is 4.79 Å². The predicted octanol–water partition coefficient (Wildman–Crippen LogP) is 4.44. The van der Waals surface area contributed by atoms with E-state index in [-0.39, 0.29) is 19.1 Å². The zero-order chi connectivity index (χ0) is 19.9. The number of hydrogen-bond acceptors (Lipinski definition) is 2. The fourth-order valence-corrected chi connectivity index (χ4v) is 3.07. The molecule has 1 aromatic heterocycles. The van der Waals surface area contributed by atoms with Crippen molar-refractivity contribution in [3.63, 3.8) is 0 Å². The van der Waals surface area contributed by atoms with E-state index in [2.05, 4.69) is 29.3 Å². The van der Waals surface area contributed by atoms with Crippen LogP contribution in [-0.2, 0) is 0 Å². The maximum absolute atomic E-state index is 12.2. The first-order chi connectivity index (χ1) is 14.3. The molecule has 4 rings (SSSR count). The molecule has 0 aliphatic rings. The van der Waals surface area contributed by atoms with Crippen molar-refractivity contribution in [3.8, 4) is 23.3 Å². The molecule has 0 radical (unpaired) electrons. The Hall–Kier alpha value is -3.97. The third-order valence-corrected chi connectivity index (χ3v) is 4.54. The van der Waals surface area contributed by atoms with Crippen molar-refractivity contribution in [2.45, 2.75) is 0 Å². The largest absolute Gasteiger partial charge is 0.480 e. The van der Waals surface area contributed by atoms with Gasteiger partial charge in [0.05, 0.1) is 6.54 Å². The fraction of sp³-hybridized carbons (Fsp3) is 0.0800. The van der Waals surface area contributed by atoms with Gasteiger partial charge >= 0.3 is 0 Å². The van der Waals surface area contributed by atoms with Gasteiger partial charge in [-0.05, 0) is 47.9 Å². The van der Waals surface area contributed by atoms with Gasteiger partial charge in [0, 0.05) is 29.0 Å². The molecule has 0 aliphatic carbocycles. The van der Waals surface area contributed by atoms with Crippen LogP contribution < -0.4 is 10.1 Å². The molecule has 3 aromatic carbocycles. The molecule has 0 fully saturated rings. The average Bonchev–Trinajstić information content (AvgIpc) is 3.31. The Morgan fingerprint density at radius 3 is 2.45 bits per heavy atom. The minimum atomic E-state index is -0.145. The molecule has 0 saturated heterocycles. The van der Waals surface area contributed by atoms with Crippen LogP contribution in [0.5, 0.6) is 5.75 Å². The van der Waals surface area contributed by atoms with Crippen molar-refractivity contribution in [1.82, 2.24) is 9.88 Å². The quantitative estimate of drug-likeness (QED) is 0.520. The molecule has 1 heterocycles. The summed E-state index contributed by atoms with van der Waals surface area (Å²) in [6.45, 7) is 0.548. The summed E-state index contributed by atoms with van der Waals surface area (Å²) in [5.74, 6) is 6.53. The van der Waals surface area contributed by atoms with E-state index < -0.39 is 0 Å². The highest BCUT2D eigenvalue weighted by molar-refractivity contribution is 5.94. The van der Waals surface area contributed by atoms with E-state index in [1.807, 2.05) is 83.7 Å². The topological polar surface area (TPSA) is 43.3 Å². The second-order valence-corrected chi connectivity index (χ2v) is 6.44. The summed E-state index contributed by atoms with van der Waals surface area (Å²) < 4.78 is 7.76. The molecule has 0 spiro atoms. The monoisotopic (exact) mass is 380 g/mol. The van der Waals surface area contributed by atoms with Crippen LogP contribution in [0.4, 0.5) is 0 Å². The van der Waals surface area contributed by atoms with Gasteiger partial charge in [-0.3, -0.25) is 4.79 Å². The molecule has 1 amide bonds. The number of carbonyl (C=O) groups is 1. The van der Waals surface area contributed by atoms with E-state index in [1.54, 1.807) is 0 Å². The van der Waals surface area contributed by atoms with Crippen molar-refractivity contribution in [1.29, 1.82) is 0 Å². The lowest BCUT2D eigenvalue weighted by Crippen LogP contribution is -2.23. The normalized spacial score (nSPS) is 10.2. The molecule has 1 N–H and O–H groups in total. The molecular formula is C25H20N2O2. The second kappa shape index (κ2) is 8.81. The van der Waals surface area contributed by atoms with Crippen molar-refractivity contribution in [2.24, 2.45) is 0 Å². The molecular weight excluding hydrogens is 360 g/mol. The third-order valence-electron chi connectivity index (χ3n) is 4.54. The maximum Gasteiger partial charge on any atom is 0.252 e. The van der Waals surface area contributed by atoms with Gasteiger partial charge in [0.1, 0.15) is 12.4 Å². The van der Waals surface area contributed by atoms with Crippen LogP contribution in [-0.4, -0.2) is 23.6 Å².